The number of thioether (sulfide) groups is 1. The van der Waals surface area contributed by atoms with Crippen molar-refractivity contribution >= 4 is 11.8 Å². The molecule has 90 valence electrons. The summed E-state index contributed by atoms with van der Waals surface area (Å²) in [5, 5.41) is 8.89. The summed E-state index contributed by atoms with van der Waals surface area (Å²) >= 11 is 1.45. The molecule has 0 spiro atoms. The Bertz CT molecular complexity index is 635. The van der Waals surface area contributed by atoms with Crippen molar-refractivity contribution < 1.29 is 8.83 Å². The van der Waals surface area contributed by atoms with Crippen molar-refractivity contribution in [3.8, 4) is 22.5 Å². The SMILES string of the molecule is CSc1nnc(-c2ccoc2)c(-c2ccoc2)n1. The maximum absolute atomic E-state index is 5.10. The van der Waals surface area contributed by atoms with E-state index in [0.717, 1.165) is 16.8 Å². The Morgan fingerprint density at radius 2 is 1.61 bits per heavy atom. The maximum Gasteiger partial charge on any atom is 0.209 e. The third-order valence-corrected chi connectivity index (χ3v) is 2.98. The molecule has 5 nitrogen and oxygen atoms in total. The first-order valence-electron chi connectivity index (χ1n) is 5.22. The topological polar surface area (TPSA) is 65.0 Å². The quantitative estimate of drug-likeness (QED) is 0.673. The van der Waals surface area contributed by atoms with E-state index >= 15 is 0 Å². The number of hydrogen-bond donors (Lipinski definition) is 0. The van der Waals surface area contributed by atoms with Crippen molar-refractivity contribution in [1.29, 1.82) is 0 Å². The molecule has 18 heavy (non-hydrogen) atoms. The molecule has 0 aliphatic carbocycles. The number of nitrogens with zero attached hydrogens (tertiary/aromatic N) is 3. The smallest absolute Gasteiger partial charge is 0.209 e. The van der Waals surface area contributed by atoms with E-state index in [9.17, 15) is 0 Å². The largest absolute Gasteiger partial charge is 0.472 e. The van der Waals surface area contributed by atoms with Gasteiger partial charge in [0.15, 0.2) is 0 Å². The van der Waals surface area contributed by atoms with Crippen LogP contribution in [-0.4, -0.2) is 21.4 Å². The normalized spacial score (nSPS) is 10.7. The first kappa shape index (κ1) is 11.0. The van der Waals surface area contributed by atoms with Crippen LogP contribution in [0.15, 0.2) is 51.2 Å². The van der Waals surface area contributed by atoms with Gasteiger partial charge in [-0.1, -0.05) is 11.8 Å². The Morgan fingerprint density at radius 1 is 0.944 bits per heavy atom. The van der Waals surface area contributed by atoms with Gasteiger partial charge in [-0.25, -0.2) is 4.98 Å². The van der Waals surface area contributed by atoms with E-state index in [1.807, 2.05) is 18.4 Å². The fraction of sp³-hybridized carbons (Fsp3) is 0.0833. The lowest BCUT2D eigenvalue weighted by molar-refractivity contribution is 0.567. The Labute approximate surface area is 107 Å². The molecule has 3 heterocycles. The van der Waals surface area contributed by atoms with Crippen molar-refractivity contribution in [1.82, 2.24) is 15.2 Å². The standard InChI is InChI=1S/C12H9N3O2S/c1-18-12-13-10(8-2-4-16-6-8)11(14-15-12)9-3-5-17-7-9/h2-7H,1H3. The maximum atomic E-state index is 5.10. The van der Waals surface area contributed by atoms with Crippen LogP contribution in [0.1, 0.15) is 0 Å². The van der Waals surface area contributed by atoms with Crippen molar-refractivity contribution in [2.75, 3.05) is 6.26 Å². The summed E-state index contributed by atoms with van der Waals surface area (Å²) in [6.45, 7) is 0. The van der Waals surface area contributed by atoms with E-state index in [-0.39, 0.29) is 0 Å². The molecule has 0 bridgehead atoms. The van der Waals surface area contributed by atoms with Gasteiger partial charge in [0.25, 0.3) is 0 Å². The Morgan fingerprint density at radius 3 is 2.17 bits per heavy atom. The van der Waals surface area contributed by atoms with Crippen molar-refractivity contribution in [3.63, 3.8) is 0 Å². The fourth-order valence-electron chi connectivity index (χ4n) is 1.59. The van der Waals surface area contributed by atoms with Crippen LogP contribution in [-0.2, 0) is 0 Å². The first-order valence-corrected chi connectivity index (χ1v) is 6.45. The number of rotatable bonds is 3. The molecule has 3 aromatic rings. The van der Waals surface area contributed by atoms with Crippen LogP contribution in [0.2, 0.25) is 0 Å². The van der Waals surface area contributed by atoms with Gasteiger partial charge < -0.3 is 8.83 Å². The molecule has 3 rings (SSSR count). The van der Waals surface area contributed by atoms with E-state index in [1.54, 1.807) is 25.1 Å². The lowest BCUT2D eigenvalue weighted by Gasteiger charge is -2.04. The van der Waals surface area contributed by atoms with E-state index in [2.05, 4.69) is 15.2 Å². The molecule has 0 fully saturated rings. The molecule has 0 radical (unpaired) electrons. The predicted molar refractivity (Wildman–Crippen MR) is 67.0 cm³/mol. The van der Waals surface area contributed by atoms with E-state index < -0.39 is 0 Å². The van der Waals surface area contributed by atoms with Crippen LogP contribution in [0.25, 0.3) is 22.5 Å². The Balaban J connectivity index is 2.19. The highest BCUT2D eigenvalue weighted by Crippen LogP contribution is 2.29. The van der Waals surface area contributed by atoms with Gasteiger partial charge in [-0.15, -0.1) is 10.2 Å². The van der Waals surface area contributed by atoms with Crippen LogP contribution in [0, 0.1) is 0 Å². The second-order valence-corrected chi connectivity index (χ2v) is 4.29. The Kier molecular flexibility index (Phi) is 2.85. The van der Waals surface area contributed by atoms with Gasteiger partial charge in [-0.05, 0) is 18.4 Å². The molecule has 0 aromatic carbocycles. The molecule has 0 unspecified atom stereocenters. The average Bonchev–Trinajstić information content (AvgIpc) is 3.11. The molecule has 3 aromatic heterocycles. The fourth-order valence-corrected chi connectivity index (χ4v) is 1.90. The van der Waals surface area contributed by atoms with Gasteiger partial charge >= 0.3 is 0 Å². The summed E-state index contributed by atoms with van der Waals surface area (Å²) in [5.41, 5.74) is 3.14. The van der Waals surface area contributed by atoms with Crippen LogP contribution in [0.4, 0.5) is 0 Å². The van der Waals surface area contributed by atoms with Gasteiger partial charge in [0.1, 0.15) is 11.4 Å². The summed E-state index contributed by atoms with van der Waals surface area (Å²) < 4.78 is 10.2. The molecular formula is C12H9N3O2S. The van der Waals surface area contributed by atoms with E-state index in [1.165, 1.54) is 11.8 Å². The molecule has 0 amide bonds. The molecule has 0 saturated carbocycles. The van der Waals surface area contributed by atoms with Crippen LogP contribution in [0.3, 0.4) is 0 Å². The second-order valence-electron chi connectivity index (χ2n) is 3.52. The third-order valence-electron chi connectivity index (χ3n) is 2.44. The minimum atomic E-state index is 0.624. The number of furan rings is 2. The van der Waals surface area contributed by atoms with E-state index in [0.29, 0.717) is 10.9 Å². The molecule has 6 heteroatoms. The van der Waals surface area contributed by atoms with Gasteiger partial charge in [0.2, 0.25) is 5.16 Å². The average molecular weight is 259 g/mol. The van der Waals surface area contributed by atoms with Gasteiger partial charge in [0, 0.05) is 11.1 Å². The highest BCUT2D eigenvalue weighted by atomic mass is 32.2. The Hall–Kier alpha value is -2.08. The van der Waals surface area contributed by atoms with Gasteiger partial charge in [0.05, 0.1) is 25.1 Å². The summed E-state index contributed by atoms with van der Waals surface area (Å²) in [5.74, 6) is 0. The second kappa shape index (κ2) is 4.66. The van der Waals surface area contributed by atoms with Crippen LogP contribution < -0.4 is 0 Å². The van der Waals surface area contributed by atoms with Crippen molar-refractivity contribution in [2.45, 2.75) is 5.16 Å². The summed E-state index contributed by atoms with van der Waals surface area (Å²) in [6, 6.07) is 3.67. The number of aromatic nitrogens is 3. The summed E-state index contributed by atoms with van der Waals surface area (Å²) in [4.78, 5) is 4.48. The zero-order chi connectivity index (χ0) is 12.4. The highest BCUT2D eigenvalue weighted by molar-refractivity contribution is 7.98. The van der Waals surface area contributed by atoms with Gasteiger partial charge in [-0.3, -0.25) is 0 Å². The molecule has 0 atom stereocenters. The van der Waals surface area contributed by atoms with Crippen molar-refractivity contribution in [2.24, 2.45) is 0 Å². The monoisotopic (exact) mass is 259 g/mol. The molecule has 0 N–H and O–H groups in total. The lowest BCUT2D eigenvalue weighted by Crippen LogP contribution is -1.97. The first-order chi connectivity index (χ1) is 8.88. The molecule has 0 aliphatic rings. The summed E-state index contributed by atoms with van der Waals surface area (Å²) in [6.07, 6.45) is 8.37. The minimum Gasteiger partial charge on any atom is -0.472 e. The highest BCUT2D eigenvalue weighted by Gasteiger charge is 2.14. The third kappa shape index (κ3) is 1.91. The number of hydrogen-bond acceptors (Lipinski definition) is 6. The predicted octanol–water partition coefficient (Wildman–Crippen LogP) is 3.11. The zero-order valence-corrected chi connectivity index (χ0v) is 10.3. The summed E-state index contributed by atoms with van der Waals surface area (Å²) in [7, 11) is 0. The molecule has 0 saturated heterocycles. The minimum absolute atomic E-state index is 0.624. The van der Waals surface area contributed by atoms with Crippen molar-refractivity contribution in [3.05, 3.63) is 37.2 Å². The van der Waals surface area contributed by atoms with Crippen LogP contribution >= 0.6 is 11.8 Å². The van der Waals surface area contributed by atoms with Gasteiger partial charge in [-0.2, -0.15) is 0 Å². The van der Waals surface area contributed by atoms with Crippen LogP contribution in [0.5, 0.6) is 0 Å². The molecule has 0 aliphatic heterocycles. The lowest BCUT2D eigenvalue weighted by atomic mass is 10.1. The molecular weight excluding hydrogens is 250 g/mol. The van der Waals surface area contributed by atoms with E-state index in [4.69, 9.17) is 8.83 Å². The zero-order valence-electron chi connectivity index (χ0n) is 9.53.